The molecule has 1 saturated heterocycles. The van der Waals surface area contributed by atoms with E-state index in [1.807, 2.05) is 54.6 Å². The average molecular weight is 364 g/mol. The van der Waals surface area contributed by atoms with Gasteiger partial charge in [-0.05, 0) is 24.3 Å². The summed E-state index contributed by atoms with van der Waals surface area (Å²) in [7, 11) is 0. The Balaban J connectivity index is 1.48. The van der Waals surface area contributed by atoms with E-state index in [1.54, 1.807) is 0 Å². The Labute approximate surface area is 158 Å². The standard InChI is InChI=1S/C21H24N4O2/c26-19-14-22-12-15(19)13-23-21(27)11-10-20-24-17-8-4-5-9-18(17)25(20)16-6-2-1-3-7-16/h1-9,15,19,22,26H,10-14H2,(H,23,27). The summed E-state index contributed by atoms with van der Waals surface area (Å²) < 4.78 is 2.12. The SMILES string of the molecule is O=C(CCc1nc2ccccc2n1-c1ccccc1)NCC1CNCC1O. The molecule has 2 heterocycles. The number of imidazole rings is 1. The summed E-state index contributed by atoms with van der Waals surface area (Å²) in [6, 6.07) is 18.1. The number of fused-ring (bicyclic) bond motifs is 1. The lowest BCUT2D eigenvalue weighted by Crippen LogP contribution is -2.34. The molecule has 140 valence electrons. The normalized spacial score (nSPS) is 19.4. The Morgan fingerprint density at radius 3 is 2.70 bits per heavy atom. The predicted octanol–water partition coefficient (Wildman–Crippen LogP) is 1.65. The van der Waals surface area contributed by atoms with Crippen LogP contribution in [0.2, 0.25) is 0 Å². The topological polar surface area (TPSA) is 79.2 Å². The van der Waals surface area contributed by atoms with E-state index >= 15 is 0 Å². The van der Waals surface area contributed by atoms with Gasteiger partial charge in [0.25, 0.3) is 0 Å². The summed E-state index contributed by atoms with van der Waals surface area (Å²) in [4.78, 5) is 17.0. The van der Waals surface area contributed by atoms with E-state index in [1.165, 1.54) is 0 Å². The molecule has 2 unspecified atom stereocenters. The molecule has 6 heteroatoms. The molecular formula is C21H24N4O2. The minimum absolute atomic E-state index is 0.0132. The fourth-order valence-electron chi connectivity index (χ4n) is 3.59. The Hall–Kier alpha value is -2.70. The second-order valence-corrected chi connectivity index (χ2v) is 6.98. The monoisotopic (exact) mass is 364 g/mol. The van der Waals surface area contributed by atoms with Crippen molar-refractivity contribution in [3.63, 3.8) is 0 Å². The van der Waals surface area contributed by atoms with Gasteiger partial charge in [-0.25, -0.2) is 4.98 Å². The van der Waals surface area contributed by atoms with Gasteiger partial charge >= 0.3 is 0 Å². The molecule has 3 aromatic rings. The van der Waals surface area contributed by atoms with Crippen LogP contribution in [0.1, 0.15) is 12.2 Å². The van der Waals surface area contributed by atoms with Gasteiger partial charge < -0.3 is 15.7 Å². The Bertz CT molecular complexity index is 922. The highest BCUT2D eigenvalue weighted by molar-refractivity contribution is 5.79. The van der Waals surface area contributed by atoms with Crippen molar-refractivity contribution >= 4 is 16.9 Å². The molecule has 4 rings (SSSR count). The van der Waals surface area contributed by atoms with E-state index in [-0.39, 0.29) is 17.9 Å². The van der Waals surface area contributed by atoms with Crippen LogP contribution in [0.4, 0.5) is 0 Å². The molecule has 1 aliphatic heterocycles. The lowest BCUT2D eigenvalue weighted by Gasteiger charge is -2.14. The van der Waals surface area contributed by atoms with Crippen LogP contribution in [0.15, 0.2) is 54.6 Å². The third kappa shape index (κ3) is 3.86. The number of aromatic nitrogens is 2. The van der Waals surface area contributed by atoms with Crippen LogP contribution in [-0.4, -0.2) is 46.3 Å². The number of aliphatic hydroxyl groups is 1. The van der Waals surface area contributed by atoms with Crippen molar-refractivity contribution in [1.29, 1.82) is 0 Å². The molecule has 0 bridgehead atoms. The summed E-state index contributed by atoms with van der Waals surface area (Å²) in [6.07, 6.45) is 0.542. The third-order valence-corrected chi connectivity index (χ3v) is 5.09. The molecule has 6 nitrogen and oxygen atoms in total. The number of β-amino-alcohol motifs (C(OH)–C–C–N with tert-alkyl or cyclic N) is 1. The van der Waals surface area contributed by atoms with Gasteiger partial charge in [-0.3, -0.25) is 9.36 Å². The van der Waals surface area contributed by atoms with Crippen molar-refractivity contribution in [3.05, 3.63) is 60.4 Å². The molecule has 1 fully saturated rings. The van der Waals surface area contributed by atoms with E-state index in [0.717, 1.165) is 29.1 Å². The first kappa shape index (κ1) is 17.7. The van der Waals surface area contributed by atoms with E-state index in [4.69, 9.17) is 4.98 Å². The largest absolute Gasteiger partial charge is 0.391 e. The van der Waals surface area contributed by atoms with Gasteiger partial charge in [-0.15, -0.1) is 0 Å². The zero-order chi connectivity index (χ0) is 18.6. The number of amides is 1. The van der Waals surface area contributed by atoms with Crippen LogP contribution in [-0.2, 0) is 11.2 Å². The summed E-state index contributed by atoms with van der Waals surface area (Å²) in [6.45, 7) is 1.84. The van der Waals surface area contributed by atoms with E-state index in [2.05, 4.69) is 15.2 Å². The number of aliphatic hydroxyl groups excluding tert-OH is 1. The molecule has 0 saturated carbocycles. The van der Waals surface area contributed by atoms with Gasteiger partial charge in [0.05, 0.1) is 17.1 Å². The maximum atomic E-state index is 12.3. The molecule has 2 aromatic carbocycles. The Kier molecular flexibility index (Phi) is 5.18. The molecule has 1 amide bonds. The van der Waals surface area contributed by atoms with E-state index in [9.17, 15) is 9.90 Å². The molecule has 1 aliphatic rings. The minimum Gasteiger partial charge on any atom is -0.391 e. The first-order chi connectivity index (χ1) is 13.2. The number of carbonyl (C=O) groups excluding carboxylic acids is 1. The highest BCUT2D eigenvalue weighted by Gasteiger charge is 2.25. The Morgan fingerprint density at radius 1 is 1.15 bits per heavy atom. The smallest absolute Gasteiger partial charge is 0.220 e. The summed E-state index contributed by atoms with van der Waals surface area (Å²) in [5.74, 6) is 0.948. The number of hydrogen-bond acceptors (Lipinski definition) is 4. The fourth-order valence-corrected chi connectivity index (χ4v) is 3.59. The molecule has 0 radical (unpaired) electrons. The van der Waals surface area contributed by atoms with Crippen LogP contribution >= 0.6 is 0 Å². The number of hydrogen-bond donors (Lipinski definition) is 3. The minimum atomic E-state index is -0.382. The highest BCUT2D eigenvalue weighted by atomic mass is 16.3. The zero-order valence-electron chi connectivity index (χ0n) is 15.1. The van der Waals surface area contributed by atoms with Crippen molar-refractivity contribution < 1.29 is 9.90 Å². The van der Waals surface area contributed by atoms with Crippen molar-refractivity contribution in [2.75, 3.05) is 19.6 Å². The average Bonchev–Trinajstić information content (AvgIpc) is 3.28. The van der Waals surface area contributed by atoms with Crippen molar-refractivity contribution in [3.8, 4) is 5.69 Å². The lowest BCUT2D eigenvalue weighted by atomic mass is 10.1. The number of nitrogens with zero attached hydrogens (tertiary/aromatic N) is 2. The summed E-state index contributed by atoms with van der Waals surface area (Å²) in [5.41, 5.74) is 3.01. The maximum absolute atomic E-state index is 12.3. The highest BCUT2D eigenvalue weighted by Crippen LogP contribution is 2.22. The van der Waals surface area contributed by atoms with Crippen LogP contribution < -0.4 is 10.6 Å². The van der Waals surface area contributed by atoms with Gasteiger partial charge in [0.1, 0.15) is 5.82 Å². The van der Waals surface area contributed by atoms with Crippen molar-refractivity contribution in [1.82, 2.24) is 20.2 Å². The van der Waals surface area contributed by atoms with Crippen LogP contribution in [0.5, 0.6) is 0 Å². The van der Waals surface area contributed by atoms with E-state index < -0.39 is 0 Å². The zero-order valence-corrected chi connectivity index (χ0v) is 15.1. The van der Waals surface area contributed by atoms with Gasteiger partial charge in [0, 0.05) is 44.1 Å². The quantitative estimate of drug-likeness (QED) is 0.621. The van der Waals surface area contributed by atoms with Crippen LogP contribution in [0.3, 0.4) is 0 Å². The molecular weight excluding hydrogens is 340 g/mol. The molecule has 27 heavy (non-hydrogen) atoms. The number of para-hydroxylation sites is 3. The second kappa shape index (κ2) is 7.90. The Morgan fingerprint density at radius 2 is 1.93 bits per heavy atom. The number of nitrogens with one attached hydrogen (secondary N) is 2. The van der Waals surface area contributed by atoms with Crippen LogP contribution in [0, 0.1) is 5.92 Å². The molecule has 0 spiro atoms. The molecule has 1 aromatic heterocycles. The maximum Gasteiger partial charge on any atom is 0.220 e. The van der Waals surface area contributed by atoms with Crippen LogP contribution in [0.25, 0.3) is 16.7 Å². The summed E-state index contributed by atoms with van der Waals surface area (Å²) in [5, 5.41) is 15.9. The molecule has 2 atom stereocenters. The number of benzene rings is 2. The van der Waals surface area contributed by atoms with Crippen molar-refractivity contribution in [2.24, 2.45) is 5.92 Å². The van der Waals surface area contributed by atoms with Gasteiger partial charge in [-0.1, -0.05) is 30.3 Å². The van der Waals surface area contributed by atoms with E-state index in [0.29, 0.717) is 25.9 Å². The number of carbonyl (C=O) groups is 1. The summed E-state index contributed by atoms with van der Waals surface area (Å²) >= 11 is 0. The molecule has 0 aliphatic carbocycles. The number of rotatable bonds is 6. The van der Waals surface area contributed by atoms with Gasteiger partial charge in [0.2, 0.25) is 5.91 Å². The number of aryl methyl sites for hydroxylation is 1. The molecule has 3 N–H and O–H groups in total. The van der Waals surface area contributed by atoms with Crippen molar-refractivity contribution in [2.45, 2.75) is 18.9 Å². The fraction of sp³-hybridized carbons (Fsp3) is 0.333. The van der Waals surface area contributed by atoms with Gasteiger partial charge in [0.15, 0.2) is 0 Å². The first-order valence-corrected chi connectivity index (χ1v) is 9.39. The predicted molar refractivity (Wildman–Crippen MR) is 105 cm³/mol. The second-order valence-electron chi connectivity index (χ2n) is 6.98. The first-order valence-electron chi connectivity index (χ1n) is 9.39. The van der Waals surface area contributed by atoms with Gasteiger partial charge in [-0.2, -0.15) is 0 Å². The lowest BCUT2D eigenvalue weighted by molar-refractivity contribution is -0.121. The third-order valence-electron chi connectivity index (χ3n) is 5.09.